The zero-order valence-corrected chi connectivity index (χ0v) is 13.6. The SMILES string of the molecule is CCCn1ncc(Nc2cnn(CCOC)c2)c(Br)c1=O. The summed E-state index contributed by atoms with van der Waals surface area (Å²) in [6.07, 6.45) is 6.04. The first-order valence-electron chi connectivity index (χ1n) is 6.69. The summed E-state index contributed by atoms with van der Waals surface area (Å²) >= 11 is 3.32. The third-order valence-electron chi connectivity index (χ3n) is 2.86. The third kappa shape index (κ3) is 3.92. The molecule has 1 N–H and O–H groups in total. The maximum atomic E-state index is 12.1. The van der Waals surface area contributed by atoms with Crippen molar-refractivity contribution >= 4 is 27.3 Å². The summed E-state index contributed by atoms with van der Waals surface area (Å²) in [4.78, 5) is 12.1. The molecule has 2 heterocycles. The maximum Gasteiger partial charge on any atom is 0.283 e. The second-order valence-corrected chi connectivity index (χ2v) is 5.30. The van der Waals surface area contributed by atoms with Crippen molar-refractivity contribution in [1.29, 1.82) is 0 Å². The van der Waals surface area contributed by atoms with Crippen LogP contribution in [0.2, 0.25) is 0 Å². The van der Waals surface area contributed by atoms with Crippen molar-refractivity contribution in [3.8, 4) is 0 Å². The van der Waals surface area contributed by atoms with E-state index in [1.54, 1.807) is 24.2 Å². The lowest BCUT2D eigenvalue weighted by Gasteiger charge is -2.08. The Kier molecular flexibility index (Phi) is 5.51. The van der Waals surface area contributed by atoms with Gasteiger partial charge in [-0.05, 0) is 22.4 Å². The second-order valence-electron chi connectivity index (χ2n) is 4.51. The van der Waals surface area contributed by atoms with Crippen molar-refractivity contribution in [2.45, 2.75) is 26.4 Å². The Morgan fingerprint density at radius 2 is 2.14 bits per heavy atom. The smallest absolute Gasteiger partial charge is 0.283 e. The fourth-order valence-corrected chi connectivity index (χ4v) is 2.22. The summed E-state index contributed by atoms with van der Waals surface area (Å²) in [5.74, 6) is 0. The zero-order valence-electron chi connectivity index (χ0n) is 12.0. The van der Waals surface area contributed by atoms with Crippen molar-refractivity contribution in [2.24, 2.45) is 0 Å². The quantitative estimate of drug-likeness (QED) is 0.822. The summed E-state index contributed by atoms with van der Waals surface area (Å²) in [6.45, 7) is 3.88. The molecule has 0 spiro atoms. The summed E-state index contributed by atoms with van der Waals surface area (Å²) in [5, 5.41) is 11.5. The highest BCUT2D eigenvalue weighted by Crippen LogP contribution is 2.21. The fraction of sp³-hybridized carbons (Fsp3) is 0.462. The van der Waals surface area contributed by atoms with Gasteiger partial charge in [0.25, 0.3) is 5.56 Å². The molecule has 0 atom stereocenters. The summed E-state index contributed by atoms with van der Waals surface area (Å²) in [6, 6.07) is 0. The largest absolute Gasteiger partial charge is 0.383 e. The molecule has 8 heteroatoms. The molecule has 21 heavy (non-hydrogen) atoms. The van der Waals surface area contributed by atoms with Crippen LogP contribution in [-0.2, 0) is 17.8 Å². The van der Waals surface area contributed by atoms with Crippen LogP contribution in [0.25, 0.3) is 0 Å². The molecule has 0 aliphatic carbocycles. The van der Waals surface area contributed by atoms with Gasteiger partial charge in [0.1, 0.15) is 4.47 Å². The normalized spacial score (nSPS) is 10.8. The van der Waals surface area contributed by atoms with Gasteiger partial charge in [-0.3, -0.25) is 9.48 Å². The molecule has 2 rings (SSSR count). The van der Waals surface area contributed by atoms with Crippen molar-refractivity contribution in [2.75, 3.05) is 19.0 Å². The summed E-state index contributed by atoms with van der Waals surface area (Å²) < 4.78 is 8.68. The van der Waals surface area contributed by atoms with Gasteiger partial charge in [0.15, 0.2) is 0 Å². The van der Waals surface area contributed by atoms with E-state index < -0.39 is 0 Å². The molecule has 0 amide bonds. The van der Waals surface area contributed by atoms with Gasteiger partial charge in [-0.25, -0.2) is 4.68 Å². The first kappa shape index (κ1) is 15.7. The van der Waals surface area contributed by atoms with Crippen LogP contribution in [0, 0.1) is 0 Å². The average molecular weight is 356 g/mol. The molecule has 7 nitrogen and oxygen atoms in total. The van der Waals surface area contributed by atoms with Crippen LogP contribution in [0.15, 0.2) is 27.9 Å². The highest BCUT2D eigenvalue weighted by atomic mass is 79.9. The van der Waals surface area contributed by atoms with Gasteiger partial charge in [-0.15, -0.1) is 0 Å². The van der Waals surface area contributed by atoms with Gasteiger partial charge in [-0.2, -0.15) is 10.2 Å². The van der Waals surface area contributed by atoms with Gasteiger partial charge in [-0.1, -0.05) is 6.92 Å². The number of hydrogen-bond donors (Lipinski definition) is 1. The van der Waals surface area contributed by atoms with Crippen molar-refractivity contribution in [3.05, 3.63) is 33.4 Å². The van der Waals surface area contributed by atoms with Crippen LogP contribution >= 0.6 is 15.9 Å². The number of rotatable bonds is 7. The van der Waals surface area contributed by atoms with Gasteiger partial charge in [0, 0.05) is 19.9 Å². The lowest BCUT2D eigenvalue weighted by atomic mass is 10.4. The highest BCUT2D eigenvalue weighted by Gasteiger charge is 2.09. The number of ether oxygens (including phenoxy) is 1. The minimum atomic E-state index is -0.145. The van der Waals surface area contributed by atoms with Crippen LogP contribution in [0.4, 0.5) is 11.4 Å². The number of anilines is 2. The third-order valence-corrected chi connectivity index (χ3v) is 3.62. The average Bonchev–Trinajstić information content (AvgIpc) is 2.92. The molecule has 2 aromatic rings. The van der Waals surface area contributed by atoms with E-state index in [-0.39, 0.29) is 5.56 Å². The number of methoxy groups -OCH3 is 1. The Labute approximate surface area is 131 Å². The maximum absolute atomic E-state index is 12.1. The van der Waals surface area contributed by atoms with Crippen molar-refractivity contribution in [3.63, 3.8) is 0 Å². The Morgan fingerprint density at radius 1 is 1.33 bits per heavy atom. The molecule has 2 aromatic heterocycles. The molecule has 0 aliphatic rings. The van der Waals surface area contributed by atoms with Crippen LogP contribution in [0.3, 0.4) is 0 Å². The number of aromatic nitrogens is 4. The molecule has 0 saturated heterocycles. The lowest BCUT2D eigenvalue weighted by molar-refractivity contribution is 0.183. The number of nitrogens with zero attached hydrogens (tertiary/aromatic N) is 4. The Morgan fingerprint density at radius 3 is 2.86 bits per heavy atom. The molecule has 0 saturated carbocycles. The molecular weight excluding hydrogens is 338 g/mol. The van der Waals surface area contributed by atoms with E-state index in [4.69, 9.17) is 4.74 Å². The predicted octanol–water partition coefficient (Wildman–Crippen LogP) is 2.00. The zero-order chi connectivity index (χ0) is 15.2. The molecule has 0 unspecified atom stereocenters. The number of nitrogens with one attached hydrogen (secondary N) is 1. The number of halogens is 1. The Balaban J connectivity index is 2.14. The molecule has 0 radical (unpaired) electrons. The van der Waals surface area contributed by atoms with E-state index in [0.717, 1.165) is 12.1 Å². The predicted molar refractivity (Wildman–Crippen MR) is 83.9 cm³/mol. The Bertz CT molecular complexity index is 652. The molecule has 0 bridgehead atoms. The number of aryl methyl sites for hydroxylation is 1. The van der Waals surface area contributed by atoms with Gasteiger partial charge in [0.05, 0.1) is 36.9 Å². The van der Waals surface area contributed by atoms with E-state index in [0.29, 0.717) is 29.9 Å². The molecule has 0 aromatic carbocycles. The van der Waals surface area contributed by atoms with E-state index in [1.807, 2.05) is 13.1 Å². The first-order valence-corrected chi connectivity index (χ1v) is 7.49. The van der Waals surface area contributed by atoms with E-state index in [1.165, 1.54) is 4.68 Å². The van der Waals surface area contributed by atoms with Crippen LogP contribution in [-0.4, -0.2) is 33.3 Å². The summed E-state index contributed by atoms with van der Waals surface area (Å²) in [7, 11) is 1.65. The lowest BCUT2D eigenvalue weighted by Crippen LogP contribution is -2.23. The van der Waals surface area contributed by atoms with E-state index in [2.05, 4.69) is 31.4 Å². The van der Waals surface area contributed by atoms with E-state index in [9.17, 15) is 4.79 Å². The van der Waals surface area contributed by atoms with Crippen LogP contribution < -0.4 is 10.9 Å². The van der Waals surface area contributed by atoms with Gasteiger partial charge >= 0.3 is 0 Å². The Hall–Kier alpha value is -1.67. The van der Waals surface area contributed by atoms with Gasteiger partial charge < -0.3 is 10.1 Å². The van der Waals surface area contributed by atoms with Gasteiger partial charge in [0.2, 0.25) is 0 Å². The monoisotopic (exact) mass is 355 g/mol. The minimum Gasteiger partial charge on any atom is -0.383 e. The van der Waals surface area contributed by atoms with E-state index >= 15 is 0 Å². The molecular formula is C13H18BrN5O2. The topological polar surface area (TPSA) is 74.0 Å². The minimum absolute atomic E-state index is 0.145. The first-order chi connectivity index (χ1) is 10.2. The number of hydrogen-bond acceptors (Lipinski definition) is 5. The van der Waals surface area contributed by atoms with Crippen LogP contribution in [0.5, 0.6) is 0 Å². The van der Waals surface area contributed by atoms with Crippen LogP contribution in [0.1, 0.15) is 13.3 Å². The second kappa shape index (κ2) is 7.37. The molecule has 114 valence electrons. The van der Waals surface area contributed by atoms with Crippen molar-refractivity contribution < 1.29 is 4.74 Å². The standard InChI is InChI=1S/C13H18BrN5O2/c1-3-4-19-13(20)12(14)11(8-16-19)17-10-7-15-18(9-10)5-6-21-2/h7-9,17H,3-6H2,1-2H3. The molecule has 0 fully saturated rings. The fourth-order valence-electron chi connectivity index (χ4n) is 1.81. The summed E-state index contributed by atoms with van der Waals surface area (Å²) in [5.41, 5.74) is 1.27. The highest BCUT2D eigenvalue weighted by molar-refractivity contribution is 9.10. The van der Waals surface area contributed by atoms with Crippen molar-refractivity contribution in [1.82, 2.24) is 19.6 Å². The molecule has 0 aliphatic heterocycles.